The van der Waals surface area contributed by atoms with E-state index in [2.05, 4.69) is 15.1 Å². The molecule has 0 unspecified atom stereocenters. The Morgan fingerprint density at radius 3 is 2.78 bits per heavy atom. The van der Waals surface area contributed by atoms with Crippen LogP contribution in [-0.4, -0.2) is 19.7 Å². The van der Waals surface area contributed by atoms with Crippen LogP contribution in [0.25, 0.3) is 31.4 Å². The van der Waals surface area contributed by atoms with Gasteiger partial charge in [0.05, 0.1) is 23.3 Å². The Hall–Kier alpha value is -3.10. The van der Waals surface area contributed by atoms with Crippen LogP contribution < -0.4 is 5.56 Å². The van der Waals surface area contributed by atoms with Gasteiger partial charge in [-0.05, 0) is 23.1 Å². The first-order chi connectivity index (χ1) is 13.3. The summed E-state index contributed by atoms with van der Waals surface area (Å²) in [5.74, 6) is 0.908. The zero-order valence-electron chi connectivity index (χ0n) is 13.9. The molecule has 0 bridgehead atoms. The molecule has 0 saturated carbocycles. The van der Waals surface area contributed by atoms with Crippen molar-refractivity contribution in [3.63, 3.8) is 0 Å². The first kappa shape index (κ1) is 16.1. The molecule has 5 rings (SSSR count). The molecule has 4 heterocycles. The monoisotopic (exact) mass is 392 g/mol. The molecule has 0 aliphatic rings. The molecule has 8 heteroatoms. The second kappa shape index (κ2) is 6.57. The molecule has 0 aliphatic carbocycles. The lowest BCUT2D eigenvalue weighted by Gasteiger charge is -2.00. The third-order valence-corrected chi connectivity index (χ3v) is 6.09. The van der Waals surface area contributed by atoms with E-state index in [4.69, 9.17) is 4.52 Å². The fourth-order valence-electron chi connectivity index (χ4n) is 2.77. The summed E-state index contributed by atoms with van der Waals surface area (Å²) in [6.07, 6.45) is 1.54. The van der Waals surface area contributed by atoms with Crippen LogP contribution in [0.5, 0.6) is 0 Å². The molecule has 0 radical (unpaired) electrons. The van der Waals surface area contributed by atoms with Crippen molar-refractivity contribution < 1.29 is 4.52 Å². The van der Waals surface area contributed by atoms with Crippen LogP contribution in [0.2, 0.25) is 0 Å². The Kier molecular flexibility index (Phi) is 3.92. The van der Waals surface area contributed by atoms with Crippen molar-refractivity contribution in [3.05, 3.63) is 76.4 Å². The molecular formula is C19H12N4O2S2. The summed E-state index contributed by atoms with van der Waals surface area (Å²) in [4.78, 5) is 23.6. The maximum Gasteiger partial charge on any atom is 0.271 e. The molecule has 0 atom stereocenters. The van der Waals surface area contributed by atoms with Crippen molar-refractivity contribution in [2.24, 2.45) is 0 Å². The molecule has 0 fully saturated rings. The number of aromatic nitrogens is 4. The average molecular weight is 392 g/mol. The molecule has 1 aromatic carbocycles. The van der Waals surface area contributed by atoms with E-state index in [0.717, 1.165) is 15.3 Å². The lowest BCUT2D eigenvalue weighted by molar-refractivity contribution is 0.421. The summed E-state index contributed by atoms with van der Waals surface area (Å²) in [6.45, 7) is 0.217. The number of rotatable bonds is 4. The Morgan fingerprint density at radius 2 is 1.96 bits per heavy atom. The van der Waals surface area contributed by atoms with Gasteiger partial charge < -0.3 is 4.52 Å². The summed E-state index contributed by atoms with van der Waals surface area (Å²) in [5.41, 5.74) is 1.67. The van der Waals surface area contributed by atoms with E-state index in [1.165, 1.54) is 33.6 Å². The standard InChI is InChI=1S/C19H12N4O2S2/c24-19-17-13(9-15(27-17)12-5-2-1-3-6-12)20-11-23(19)10-16-21-18(25-22-16)14-7-4-8-26-14/h1-9,11H,10H2. The highest BCUT2D eigenvalue weighted by Crippen LogP contribution is 2.30. The van der Waals surface area contributed by atoms with Gasteiger partial charge >= 0.3 is 0 Å². The van der Waals surface area contributed by atoms with Gasteiger partial charge in [0.25, 0.3) is 11.4 Å². The minimum absolute atomic E-state index is 0.102. The lowest BCUT2D eigenvalue weighted by Crippen LogP contribution is -2.20. The molecule has 5 aromatic rings. The first-order valence-electron chi connectivity index (χ1n) is 8.19. The summed E-state index contributed by atoms with van der Waals surface area (Å²) in [5, 5.41) is 5.92. The predicted octanol–water partition coefficient (Wildman–Crippen LogP) is 4.28. The summed E-state index contributed by atoms with van der Waals surface area (Å²) >= 11 is 2.97. The Bertz CT molecular complexity index is 1270. The van der Waals surface area contributed by atoms with Crippen molar-refractivity contribution in [1.29, 1.82) is 0 Å². The number of hydrogen-bond acceptors (Lipinski definition) is 7. The van der Waals surface area contributed by atoms with Crippen LogP contribution in [0.4, 0.5) is 0 Å². The Labute approximate surface area is 161 Å². The highest BCUT2D eigenvalue weighted by atomic mass is 32.1. The maximum absolute atomic E-state index is 12.9. The third kappa shape index (κ3) is 2.98. The fraction of sp³-hybridized carbons (Fsp3) is 0.0526. The van der Waals surface area contributed by atoms with Crippen LogP contribution in [0, 0.1) is 0 Å². The van der Waals surface area contributed by atoms with Gasteiger partial charge in [-0.2, -0.15) is 4.98 Å². The molecule has 0 saturated heterocycles. The van der Waals surface area contributed by atoms with E-state index in [-0.39, 0.29) is 12.1 Å². The fourth-order valence-corrected chi connectivity index (χ4v) is 4.48. The van der Waals surface area contributed by atoms with Crippen LogP contribution in [0.15, 0.2) is 69.6 Å². The van der Waals surface area contributed by atoms with Gasteiger partial charge in [0.15, 0.2) is 5.82 Å². The second-order valence-corrected chi connectivity index (χ2v) is 7.86. The van der Waals surface area contributed by atoms with Crippen molar-refractivity contribution in [2.45, 2.75) is 6.54 Å². The van der Waals surface area contributed by atoms with Gasteiger partial charge in [-0.15, -0.1) is 22.7 Å². The topological polar surface area (TPSA) is 73.8 Å². The molecule has 132 valence electrons. The Balaban J connectivity index is 1.49. The zero-order valence-corrected chi connectivity index (χ0v) is 15.5. The van der Waals surface area contributed by atoms with Gasteiger partial charge in [-0.3, -0.25) is 9.36 Å². The number of hydrogen-bond donors (Lipinski definition) is 0. The minimum atomic E-state index is -0.102. The molecule has 0 spiro atoms. The van der Waals surface area contributed by atoms with E-state index in [1.807, 2.05) is 53.9 Å². The molecule has 4 aromatic heterocycles. The SMILES string of the molecule is O=c1c2sc(-c3ccccc3)cc2ncn1Cc1noc(-c2cccs2)n1. The third-order valence-electron chi connectivity index (χ3n) is 4.07. The minimum Gasteiger partial charge on any atom is -0.333 e. The van der Waals surface area contributed by atoms with Gasteiger partial charge in [0, 0.05) is 4.88 Å². The number of benzene rings is 1. The molecule has 0 aliphatic heterocycles. The van der Waals surface area contributed by atoms with E-state index in [0.29, 0.717) is 21.9 Å². The summed E-state index contributed by atoms with van der Waals surface area (Å²) in [7, 11) is 0. The number of fused-ring (bicyclic) bond motifs is 1. The normalized spacial score (nSPS) is 11.3. The van der Waals surface area contributed by atoms with Crippen molar-refractivity contribution in [3.8, 4) is 21.2 Å². The van der Waals surface area contributed by atoms with Gasteiger partial charge in [-0.25, -0.2) is 4.98 Å². The highest BCUT2D eigenvalue weighted by Gasteiger charge is 2.14. The lowest BCUT2D eigenvalue weighted by atomic mass is 10.2. The van der Waals surface area contributed by atoms with Gasteiger partial charge in [0.1, 0.15) is 4.70 Å². The van der Waals surface area contributed by atoms with Crippen LogP contribution >= 0.6 is 22.7 Å². The molecule has 6 nitrogen and oxygen atoms in total. The van der Waals surface area contributed by atoms with Gasteiger partial charge in [-0.1, -0.05) is 41.6 Å². The Morgan fingerprint density at radius 1 is 1.07 bits per heavy atom. The summed E-state index contributed by atoms with van der Waals surface area (Å²) in [6, 6.07) is 15.8. The molecule has 27 heavy (non-hydrogen) atoms. The largest absolute Gasteiger partial charge is 0.333 e. The number of thiophene rings is 2. The smallest absolute Gasteiger partial charge is 0.271 e. The van der Waals surface area contributed by atoms with E-state index >= 15 is 0 Å². The van der Waals surface area contributed by atoms with E-state index in [9.17, 15) is 4.79 Å². The van der Waals surface area contributed by atoms with Crippen molar-refractivity contribution >= 4 is 32.9 Å². The zero-order chi connectivity index (χ0) is 18.2. The molecule has 0 N–H and O–H groups in total. The molecular weight excluding hydrogens is 380 g/mol. The number of nitrogens with zero attached hydrogens (tertiary/aromatic N) is 4. The summed E-state index contributed by atoms with van der Waals surface area (Å²) < 4.78 is 7.42. The average Bonchev–Trinajstić information content (AvgIpc) is 3.45. The maximum atomic E-state index is 12.9. The van der Waals surface area contributed by atoms with Crippen LogP contribution in [0.3, 0.4) is 0 Å². The first-order valence-corrected chi connectivity index (χ1v) is 9.88. The van der Waals surface area contributed by atoms with E-state index < -0.39 is 0 Å². The van der Waals surface area contributed by atoms with E-state index in [1.54, 1.807) is 0 Å². The van der Waals surface area contributed by atoms with Crippen LogP contribution in [-0.2, 0) is 6.54 Å². The highest BCUT2D eigenvalue weighted by molar-refractivity contribution is 7.22. The van der Waals surface area contributed by atoms with Crippen LogP contribution in [0.1, 0.15) is 5.82 Å². The van der Waals surface area contributed by atoms with Gasteiger partial charge in [0.2, 0.25) is 0 Å². The quantitative estimate of drug-likeness (QED) is 0.456. The van der Waals surface area contributed by atoms with Crippen molar-refractivity contribution in [2.75, 3.05) is 0 Å². The van der Waals surface area contributed by atoms with Crippen molar-refractivity contribution in [1.82, 2.24) is 19.7 Å². The second-order valence-electron chi connectivity index (χ2n) is 5.86. The molecule has 0 amide bonds. The predicted molar refractivity (Wildman–Crippen MR) is 106 cm³/mol.